The third-order valence-corrected chi connectivity index (χ3v) is 7.79. The van der Waals surface area contributed by atoms with Gasteiger partial charge in [-0.1, -0.05) is 51.1 Å². The number of rotatable bonds is 4. The molecule has 7 nitrogen and oxygen atoms in total. The van der Waals surface area contributed by atoms with E-state index in [2.05, 4.69) is 26.8 Å². The summed E-state index contributed by atoms with van der Waals surface area (Å²) >= 11 is 0. The zero-order valence-electron chi connectivity index (χ0n) is 25.0. The molecule has 0 aromatic heterocycles. The van der Waals surface area contributed by atoms with Gasteiger partial charge in [-0.05, 0) is 91.4 Å². The summed E-state index contributed by atoms with van der Waals surface area (Å²) in [5.41, 5.74) is 3.41. The van der Waals surface area contributed by atoms with Crippen molar-refractivity contribution in [1.82, 2.24) is 4.90 Å². The molecule has 0 unspecified atom stereocenters. The molecule has 0 saturated heterocycles. The Morgan fingerprint density at radius 2 is 1.05 bits per heavy atom. The van der Waals surface area contributed by atoms with Gasteiger partial charge in [0.2, 0.25) is 0 Å². The maximum absolute atomic E-state index is 13.6. The molecule has 0 radical (unpaired) electrons. The maximum atomic E-state index is 13.6. The van der Waals surface area contributed by atoms with E-state index in [0.717, 1.165) is 10.5 Å². The van der Waals surface area contributed by atoms with Crippen molar-refractivity contribution in [2.75, 3.05) is 4.90 Å². The van der Waals surface area contributed by atoms with Crippen LogP contribution in [-0.4, -0.2) is 34.1 Å². The number of anilines is 1. The lowest BCUT2D eigenvalue weighted by Gasteiger charge is -2.29. The van der Waals surface area contributed by atoms with Crippen molar-refractivity contribution in [2.24, 2.45) is 0 Å². The Bertz CT molecular complexity index is 1860. The van der Waals surface area contributed by atoms with Gasteiger partial charge in [0.05, 0.1) is 27.9 Å². The number of carbonyl (C=O) groups excluding carboxylic acids is 4. The zero-order valence-corrected chi connectivity index (χ0v) is 25.0. The van der Waals surface area contributed by atoms with Crippen molar-refractivity contribution in [3.8, 4) is 22.6 Å². The minimum Gasteiger partial charge on any atom is -0.457 e. The third-order valence-electron chi connectivity index (χ3n) is 7.79. The highest BCUT2D eigenvalue weighted by molar-refractivity contribution is 6.34. The molecule has 4 amide bonds. The quantitative estimate of drug-likeness (QED) is 0.235. The SMILES string of the molecule is CC(C)(C)c1cccc(Oc2cccc(N3C(=O)c4ccc(-c5ccc6c(c5)C(=O)N(C(C)(C)C)C6=O)cc4C3=O)c2)c1. The van der Waals surface area contributed by atoms with Crippen LogP contribution in [0.3, 0.4) is 0 Å². The lowest BCUT2D eigenvalue weighted by Crippen LogP contribution is -2.45. The standard InChI is InChI=1S/C36H32N2O5/c1-35(2,3)23-9-7-11-25(19-23)43-26-12-8-10-24(20-26)37-31(39)27-15-13-21(17-29(27)32(37)40)22-14-16-28-30(18-22)34(42)38(33(28)41)36(4,5)6/h7-20H,1-6H3. The average Bonchev–Trinajstić information content (AvgIpc) is 3.36. The molecule has 0 N–H and O–H groups in total. The minimum atomic E-state index is -0.657. The van der Waals surface area contributed by atoms with Crippen LogP contribution in [0.15, 0.2) is 84.9 Å². The van der Waals surface area contributed by atoms with Crippen molar-refractivity contribution < 1.29 is 23.9 Å². The molecular formula is C36H32N2O5. The Balaban J connectivity index is 1.28. The second kappa shape index (κ2) is 9.76. The van der Waals surface area contributed by atoms with E-state index in [9.17, 15) is 19.2 Å². The summed E-state index contributed by atoms with van der Waals surface area (Å²) < 4.78 is 6.12. The fourth-order valence-corrected chi connectivity index (χ4v) is 5.53. The number of amides is 4. The van der Waals surface area contributed by atoms with Gasteiger partial charge >= 0.3 is 0 Å². The average molecular weight is 573 g/mol. The number of ether oxygens (including phenoxy) is 1. The first kappa shape index (κ1) is 28.1. The van der Waals surface area contributed by atoms with Gasteiger partial charge in [0.25, 0.3) is 23.6 Å². The largest absolute Gasteiger partial charge is 0.457 e. The van der Waals surface area contributed by atoms with Crippen LogP contribution < -0.4 is 9.64 Å². The fourth-order valence-electron chi connectivity index (χ4n) is 5.53. The number of carbonyl (C=O) groups is 4. The van der Waals surface area contributed by atoms with Gasteiger partial charge in [-0.15, -0.1) is 0 Å². The number of fused-ring (bicyclic) bond motifs is 2. The van der Waals surface area contributed by atoms with Crippen LogP contribution in [0.5, 0.6) is 11.5 Å². The Hall–Kier alpha value is -5.04. The summed E-state index contributed by atoms with van der Waals surface area (Å²) in [5.74, 6) is -0.370. The van der Waals surface area contributed by atoms with E-state index in [1.807, 2.05) is 39.0 Å². The zero-order chi connectivity index (χ0) is 30.8. The number of hydrogen-bond donors (Lipinski definition) is 0. The summed E-state index contributed by atoms with van der Waals surface area (Å²) in [4.78, 5) is 55.5. The van der Waals surface area contributed by atoms with Crippen LogP contribution in [0, 0.1) is 0 Å². The molecule has 43 heavy (non-hydrogen) atoms. The van der Waals surface area contributed by atoms with Crippen LogP contribution in [0.2, 0.25) is 0 Å². The first-order chi connectivity index (χ1) is 20.2. The number of hydrogen-bond acceptors (Lipinski definition) is 5. The normalized spacial score (nSPS) is 14.8. The Morgan fingerprint density at radius 3 is 1.65 bits per heavy atom. The van der Waals surface area contributed by atoms with Crippen LogP contribution in [0.1, 0.15) is 88.5 Å². The summed E-state index contributed by atoms with van der Waals surface area (Å²) in [6, 6.07) is 24.9. The molecule has 4 aromatic rings. The predicted octanol–water partition coefficient (Wildman–Crippen LogP) is 7.64. The molecule has 2 aliphatic rings. The molecule has 7 heteroatoms. The van der Waals surface area contributed by atoms with Gasteiger partial charge in [0.1, 0.15) is 11.5 Å². The van der Waals surface area contributed by atoms with E-state index in [1.54, 1.807) is 60.7 Å². The minimum absolute atomic E-state index is 0.0419. The van der Waals surface area contributed by atoms with Crippen molar-refractivity contribution >= 4 is 29.3 Å². The molecule has 0 atom stereocenters. The molecule has 0 saturated carbocycles. The summed E-state index contributed by atoms with van der Waals surface area (Å²) in [6.07, 6.45) is 0. The van der Waals surface area contributed by atoms with E-state index in [-0.39, 0.29) is 22.8 Å². The third kappa shape index (κ3) is 4.80. The molecule has 2 heterocycles. The highest BCUT2D eigenvalue weighted by Crippen LogP contribution is 2.37. The number of imide groups is 2. The number of benzene rings is 4. The lowest BCUT2D eigenvalue weighted by molar-refractivity contribution is 0.0507. The van der Waals surface area contributed by atoms with Gasteiger partial charge in [-0.25, -0.2) is 4.90 Å². The molecule has 216 valence electrons. The van der Waals surface area contributed by atoms with Gasteiger partial charge in [-0.3, -0.25) is 24.1 Å². The second-order valence-electron chi connectivity index (χ2n) is 13.0. The highest BCUT2D eigenvalue weighted by Gasteiger charge is 2.42. The predicted molar refractivity (Wildman–Crippen MR) is 165 cm³/mol. The van der Waals surface area contributed by atoms with E-state index in [1.165, 1.54) is 4.90 Å². The van der Waals surface area contributed by atoms with Crippen molar-refractivity contribution in [1.29, 1.82) is 0 Å². The summed E-state index contributed by atoms with van der Waals surface area (Å²) in [6.45, 7) is 11.8. The van der Waals surface area contributed by atoms with Crippen LogP contribution in [-0.2, 0) is 5.41 Å². The van der Waals surface area contributed by atoms with Crippen molar-refractivity contribution in [3.05, 3.63) is 113 Å². The fraction of sp³-hybridized carbons (Fsp3) is 0.222. The number of nitrogens with zero attached hydrogens (tertiary/aromatic N) is 2. The van der Waals surface area contributed by atoms with Gasteiger partial charge in [0, 0.05) is 11.6 Å². The molecule has 6 rings (SSSR count). The topological polar surface area (TPSA) is 84.0 Å². The molecule has 0 aliphatic carbocycles. The Morgan fingerprint density at radius 1 is 0.535 bits per heavy atom. The van der Waals surface area contributed by atoms with Crippen molar-refractivity contribution in [3.63, 3.8) is 0 Å². The molecule has 2 aliphatic heterocycles. The summed E-state index contributed by atoms with van der Waals surface area (Å²) in [7, 11) is 0. The molecule has 0 bridgehead atoms. The van der Waals surface area contributed by atoms with Gasteiger partial charge in [0.15, 0.2) is 0 Å². The molecule has 0 fully saturated rings. The molecular weight excluding hydrogens is 540 g/mol. The van der Waals surface area contributed by atoms with Crippen molar-refractivity contribution in [2.45, 2.75) is 52.5 Å². The van der Waals surface area contributed by atoms with E-state index >= 15 is 0 Å². The highest BCUT2D eigenvalue weighted by atomic mass is 16.5. The lowest BCUT2D eigenvalue weighted by atomic mass is 9.87. The van der Waals surface area contributed by atoms with E-state index in [4.69, 9.17) is 4.74 Å². The first-order valence-corrected chi connectivity index (χ1v) is 14.2. The first-order valence-electron chi connectivity index (χ1n) is 14.2. The van der Waals surface area contributed by atoms with Crippen LogP contribution >= 0.6 is 0 Å². The van der Waals surface area contributed by atoms with Crippen LogP contribution in [0.4, 0.5) is 5.69 Å². The second-order valence-corrected chi connectivity index (χ2v) is 13.0. The van der Waals surface area contributed by atoms with Crippen LogP contribution in [0.25, 0.3) is 11.1 Å². The molecule has 4 aromatic carbocycles. The smallest absolute Gasteiger partial charge is 0.266 e. The van der Waals surface area contributed by atoms with Gasteiger partial charge < -0.3 is 4.74 Å². The van der Waals surface area contributed by atoms with E-state index in [0.29, 0.717) is 45.0 Å². The molecule has 0 spiro atoms. The maximum Gasteiger partial charge on any atom is 0.266 e. The van der Waals surface area contributed by atoms with Gasteiger partial charge in [-0.2, -0.15) is 0 Å². The monoisotopic (exact) mass is 572 g/mol. The van der Waals surface area contributed by atoms with E-state index < -0.39 is 17.4 Å². The Labute approximate surface area is 250 Å². The Kier molecular flexibility index (Phi) is 6.38. The summed E-state index contributed by atoms with van der Waals surface area (Å²) in [5, 5.41) is 0.